The lowest BCUT2D eigenvalue weighted by atomic mass is 10.3. The highest BCUT2D eigenvalue weighted by atomic mass is 32.1. The van der Waals surface area contributed by atoms with Crippen molar-refractivity contribution in [2.24, 2.45) is 0 Å². The van der Waals surface area contributed by atoms with Crippen LogP contribution in [-0.4, -0.2) is 10.1 Å². The van der Waals surface area contributed by atoms with Crippen LogP contribution < -0.4 is 0 Å². The molecule has 0 amide bonds. The van der Waals surface area contributed by atoms with E-state index in [9.17, 15) is 0 Å². The topological polar surface area (TPSA) is 52.1 Å². The molecular weight excluding hydrogens is 260 g/mol. The fourth-order valence-corrected chi connectivity index (χ4v) is 1.88. The van der Waals surface area contributed by atoms with Crippen LogP contribution >= 0.6 is 12.6 Å². The predicted molar refractivity (Wildman–Crippen MR) is 75.3 cm³/mol. The SMILES string of the molecule is Sc1ccc2oncc2c1.c1ccc2ocnc2c1. The maximum absolute atomic E-state index is 5.01. The normalized spacial score (nSPS) is 10.4. The first kappa shape index (κ1) is 11.8. The summed E-state index contributed by atoms with van der Waals surface area (Å²) in [5.74, 6) is 0. The molecule has 19 heavy (non-hydrogen) atoms. The fourth-order valence-electron chi connectivity index (χ4n) is 1.66. The van der Waals surface area contributed by atoms with E-state index >= 15 is 0 Å². The van der Waals surface area contributed by atoms with Crippen LogP contribution in [0.3, 0.4) is 0 Å². The van der Waals surface area contributed by atoms with E-state index in [0.717, 1.165) is 27.0 Å². The van der Waals surface area contributed by atoms with Gasteiger partial charge in [-0.05, 0) is 30.3 Å². The Morgan fingerprint density at radius 3 is 2.79 bits per heavy atom. The first-order valence-electron chi connectivity index (χ1n) is 5.64. The number of hydrogen-bond donors (Lipinski definition) is 1. The summed E-state index contributed by atoms with van der Waals surface area (Å²) in [6.07, 6.45) is 3.12. The number of oxazole rings is 1. The first-order valence-corrected chi connectivity index (χ1v) is 6.09. The van der Waals surface area contributed by atoms with Crippen molar-refractivity contribution >= 4 is 34.7 Å². The average Bonchev–Trinajstić information content (AvgIpc) is 3.07. The molecule has 4 aromatic rings. The van der Waals surface area contributed by atoms with Crippen molar-refractivity contribution < 1.29 is 8.94 Å². The Morgan fingerprint density at radius 2 is 1.89 bits per heavy atom. The van der Waals surface area contributed by atoms with Crippen LogP contribution in [0.5, 0.6) is 0 Å². The van der Waals surface area contributed by atoms with Gasteiger partial charge in [0.05, 0.1) is 6.20 Å². The highest BCUT2D eigenvalue weighted by molar-refractivity contribution is 7.80. The smallest absolute Gasteiger partial charge is 0.181 e. The third kappa shape index (κ3) is 2.61. The van der Waals surface area contributed by atoms with Gasteiger partial charge in [-0.2, -0.15) is 0 Å². The molecule has 0 atom stereocenters. The van der Waals surface area contributed by atoms with Gasteiger partial charge in [0.1, 0.15) is 5.52 Å². The van der Waals surface area contributed by atoms with Crippen LogP contribution in [0.2, 0.25) is 0 Å². The lowest BCUT2D eigenvalue weighted by Gasteiger charge is -1.86. The summed E-state index contributed by atoms with van der Waals surface area (Å²) in [5.41, 5.74) is 2.56. The number of rotatable bonds is 0. The molecule has 2 aromatic heterocycles. The third-order valence-corrected chi connectivity index (χ3v) is 2.85. The Bertz CT molecular complexity index is 777. The molecule has 4 rings (SSSR count). The van der Waals surface area contributed by atoms with Gasteiger partial charge in [-0.1, -0.05) is 17.3 Å². The number of benzene rings is 2. The molecule has 2 heterocycles. The van der Waals surface area contributed by atoms with Crippen molar-refractivity contribution in [1.82, 2.24) is 10.1 Å². The molecule has 0 saturated carbocycles. The molecule has 0 spiro atoms. The summed E-state index contributed by atoms with van der Waals surface area (Å²) in [4.78, 5) is 4.88. The largest absolute Gasteiger partial charge is 0.443 e. The lowest BCUT2D eigenvalue weighted by molar-refractivity contribution is 0.456. The van der Waals surface area contributed by atoms with E-state index in [1.165, 1.54) is 6.39 Å². The predicted octanol–water partition coefficient (Wildman–Crippen LogP) is 3.94. The van der Waals surface area contributed by atoms with Crippen LogP contribution in [0.4, 0.5) is 0 Å². The van der Waals surface area contributed by atoms with Crippen LogP contribution in [-0.2, 0) is 0 Å². The van der Waals surface area contributed by atoms with Gasteiger partial charge >= 0.3 is 0 Å². The molecule has 0 unspecified atom stereocenters. The number of nitrogens with zero attached hydrogens (tertiary/aromatic N) is 2. The minimum absolute atomic E-state index is 0.804. The van der Waals surface area contributed by atoms with E-state index < -0.39 is 0 Å². The number of hydrogen-bond acceptors (Lipinski definition) is 5. The number of aromatic nitrogens is 2. The van der Waals surface area contributed by atoms with E-state index in [-0.39, 0.29) is 0 Å². The van der Waals surface area contributed by atoms with E-state index in [1.807, 2.05) is 42.5 Å². The Balaban J connectivity index is 0.000000117. The molecule has 0 N–H and O–H groups in total. The zero-order valence-corrected chi connectivity index (χ0v) is 10.7. The van der Waals surface area contributed by atoms with E-state index in [4.69, 9.17) is 8.94 Å². The molecule has 0 aliphatic heterocycles. The summed E-state index contributed by atoms with van der Waals surface area (Å²) in [5, 5.41) is 4.63. The van der Waals surface area contributed by atoms with E-state index in [2.05, 4.69) is 22.8 Å². The van der Waals surface area contributed by atoms with Gasteiger partial charge in [0, 0.05) is 10.3 Å². The monoisotopic (exact) mass is 270 g/mol. The van der Waals surface area contributed by atoms with Gasteiger partial charge in [0.15, 0.2) is 17.6 Å². The standard InChI is InChI=1S/C7H5NOS.C7H5NO/c10-6-1-2-7-5(3-6)4-8-9-7;1-2-4-7-6(3-1)8-5-9-7/h1-4,10H;1-5H. The summed E-state index contributed by atoms with van der Waals surface area (Å²) in [7, 11) is 0. The van der Waals surface area contributed by atoms with Gasteiger partial charge < -0.3 is 8.94 Å². The molecule has 0 aliphatic rings. The highest BCUT2D eigenvalue weighted by Gasteiger charge is 1.95. The lowest BCUT2D eigenvalue weighted by Crippen LogP contribution is -1.63. The second kappa shape index (κ2) is 5.16. The van der Waals surface area contributed by atoms with Crippen molar-refractivity contribution in [3.05, 3.63) is 55.1 Å². The number of fused-ring (bicyclic) bond motifs is 2. The van der Waals surface area contributed by atoms with Crippen molar-refractivity contribution in [2.45, 2.75) is 4.90 Å². The van der Waals surface area contributed by atoms with Gasteiger partial charge in [0.2, 0.25) is 0 Å². The molecule has 94 valence electrons. The molecule has 0 bridgehead atoms. The van der Waals surface area contributed by atoms with Gasteiger partial charge in [-0.3, -0.25) is 0 Å². The second-order valence-corrected chi connectivity index (χ2v) is 4.38. The molecule has 0 fully saturated rings. The fraction of sp³-hybridized carbons (Fsp3) is 0. The molecular formula is C14H10N2O2S. The first-order chi connectivity index (χ1) is 9.33. The maximum atomic E-state index is 5.01. The van der Waals surface area contributed by atoms with Crippen LogP contribution in [0.25, 0.3) is 22.1 Å². The number of thiol groups is 1. The Kier molecular flexibility index (Phi) is 3.20. The summed E-state index contributed by atoms with van der Waals surface area (Å²) < 4.78 is 9.90. The van der Waals surface area contributed by atoms with Gasteiger partial charge in [-0.25, -0.2) is 4.98 Å². The molecule has 5 heteroatoms. The molecule has 0 radical (unpaired) electrons. The minimum atomic E-state index is 0.804. The van der Waals surface area contributed by atoms with Gasteiger partial charge in [-0.15, -0.1) is 12.6 Å². The minimum Gasteiger partial charge on any atom is -0.443 e. The zero-order valence-electron chi connectivity index (χ0n) is 9.85. The Hall–Kier alpha value is -2.27. The quantitative estimate of drug-likeness (QED) is 0.492. The van der Waals surface area contributed by atoms with Crippen molar-refractivity contribution in [2.75, 3.05) is 0 Å². The van der Waals surface area contributed by atoms with E-state index in [1.54, 1.807) is 6.20 Å². The van der Waals surface area contributed by atoms with Crippen molar-refractivity contribution in [3.8, 4) is 0 Å². The average molecular weight is 270 g/mol. The highest BCUT2D eigenvalue weighted by Crippen LogP contribution is 2.16. The third-order valence-electron chi connectivity index (χ3n) is 2.57. The van der Waals surface area contributed by atoms with Crippen molar-refractivity contribution in [3.63, 3.8) is 0 Å². The van der Waals surface area contributed by atoms with Crippen LogP contribution in [0.1, 0.15) is 0 Å². The van der Waals surface area contributed by atoms with E-state index in [0.29, 0.717) is 0 Å². The summed E-state index contributed by atoms with van der Waals surface area (Å²) >= 11 is 4.17. The molecule has 2 aromatic carbocycles. The zero-order chi connectivity index (χ0) is 13.1. The van der Waals surface area contributed by atoms with Crippen LogP contribution in [0.15, 0.2) is 68.9 Å². The van der Waals surface area contributed by atoms with Crippen LogP contribution in [0, 0.1) is 0 Å². The summed E-state index contributed by atoms with van der Waals surface area (Å²) in [6.45, 7) is 0. The Labute approximate surface area is 114 Å². The molecule has 4 nitrogen and oxygen atoms in total. The van der Waals surface area contributed by atoms with Gasteiger partial charge in [0.25, 0.3) is 0 Å². The summed E-state index contributed by atoms with van der Waals surface area (Å²) in [6, 6.07) is 13.3. The van der Waals surface area contributed by atoms with Crippen molar-refractivity contribution in [1.29, 1.82) is 0 Å². The molecule has 0 aliphatic carbocycles. The number of para-hydroxylation sites is 2. The maximum Gasteiger partial charge on any atom is 0.181 e. The molecule has 0 saturated heterocycles. The Morgan fingerprint density at radius 1 is 1.00 bits per heavy atom. The second-order valence-electron chi connectivity index (χ2n) is 3.87.